The lowest BCUT2D eigenvalue weighted by Crippen LogP contribution is -2.18. The summed E-state index contributed by atoms with van der Waals surface area (Å²) in [5.74, 6) is 0.0196. The zero-order valence-corrected chi connectivity index (χ0v) is 7.59. The predicted molar refractivity (Wildman–Crippen MR) is 47.3 cm³/mol. The normalized spacial score (nSPS) is 12.2. The first-order valence-electron chi connectivity index (χ1n) is 3.60. The second-order valence-corrected chi connectivity index (χ2v) is 2.60. The Balaban J connectivity index is 4.04. The second-order valence-electron chi connectivity index (χ2n) is 2.60. The maximum atomic E-state index is 11.0. The number of hydrogen-bond acceptors (Lipinski definition) is 1. The van der Waals surface area contributed by atoms with Gasteiger partial charge >= 0.3 is 0 Å². The molecular formula is C9H15NO. The zero-order chi connectivity index (χ0) is 8.85. The molecule has 0 aliphatic carbocycles. The van der Waals surface area contributed by atoms with Crippen LogP contribution in [-0.4, -0.2) is 24.9 Å². The first-order chi connectivity index (χ1) is 5.07. The molecule has 0 radical (unpaired) electrons. The molecule has 0 saturated carbocycles. The first kappa shape index (κ1) is 9.95. The van der Waals surface area contributed by atoms with Crippen LogP contribution in [0.3, 0.4) is 0 Å². The van der Waals surface area contributed by atoms with Gasteiger partial charge < -0.3 is 4.90 Å². The van der Waals surface area contributed by atoms with Crippen molar-refractivity contribution in [1.82, 2.24) is 4.90 Å². The van der Waals surface area contributed by atoms with Gasteiger partial charge in [-0.25, -0.2) is 0 Å². The van der Waals surface area contributed by atoms with Crippen molar-refractivity contribution in [2.24, 2.45) is 0 Å². The fourth-order valence-corrected chi connectivity index (χ4v) is 0.448. The molecule has 1 amide bonds. The summed E-state index contributed by atoms with van der Waals surface area (Å²) >= 11 is 0. The molecule has 0 atom stereocenters. The quantitative estimate of drug-likeness (QED) is 0.436. The average Bonchev–Trinajstić information content (AvgIpc) is 1.99. The van der Waals surface area contributed by atoms with Gasteiger partial charge in [-0.2, -0.15) is 0 Å². The van der Waals surface area contributed by atoms with Gasteiger partial charge in [0.15, 0.2) is 0 Å². The third-order valence-electron chi connectivity index (χ3n) is 1.38. The van der Waals surface area contributed by atoms with Crippen molar-refractivity contribution in [3.8, 4) is 0 Å². The van der Waals surface area contributed by atoms with E-state index in [9.17, 15) is 4.79 Å². The molecule has 0 aromatic carbocycles. The fraction of sp³-hybridized carbons (Fsp3) is 0.444. The molecule has 0 fully saturated rings. The van der Waals surface area contributed by atoms with Crippen LogP contribution in [0.1, 0.15) is 13.8 Å². The summed E-state index contributed by atoms with van der Waals surface area (Å²) < 4.78 is 0. The molecule has 0 heterocycles. The number of likely N-dealkylation sites (N-methyl/N-ethyl adjacent to an activating group) is 1. The van der Waals surface area contributed by atoms with Crippen LogP contribution in [0.25, 0.3) is 0 Å². The van der Waals surface area contributed by atoms with Gasteiger partial charge in [0.2, 0.25) is 5.91 Å². The van der Waals surface area contributed by atoms with Crippen molar-refractivity contribution in [2.45, 2.75) is 13.8 Å². The molecule has 0 rings (SSSR count). The van der Waals surface area contributed by atoms with Gasteiger partial charge in [-0.05, 0) is 13.8 Å². The average molecular weight is 153 g/mol. The van der Waals surface area contributed by atoms with Crippen molar-refractivity contribution < 1.29 is 4.79 Å². The molecule has 0 N–H and O–H groups in total. The van der Waals surface area contributed by atoms with E-state index in [1.54, 1.807) is 25.1 Å². The summed E-state index contributed by atoms with van der Waals surface area (Å²) in [6.07, 6.45) is 5.33. The van der Waals surface area contributed by atoms with Crippen LogP contribution in [0, 0.1) is 0 Å². The van der Waals surface area contributed by atoms with E-state index in [4.69, 9.17) is 0 Å². The molecule has 0 aliphatic heterocycles. The van der Waals surface area contributed by atoms with Crippen LogP contribution >= 0.6 is 0 Å². The minimum atomic E-state index is 0.0196. The molecule has 0 unspecified atom stereocenters. The summed E-state index contributed by atoms with van der Waals surface area (Å²) in [6.45, 7) is 3.90. The van der Waals surface area contributed by atoms with E-state index < -0.39 is 0 Å². The highest BCUT2D eigenvalue weighted by molar-refractivity contribution is 5.87. The predicted octanol–water partition coefficient (Wildman–Crippen LogP) is 1.60. The van der Waals surface area contributed by atoms with Crippen LogP contribution in [-0.2, 0) is 4.79 Å². The zero-order valence-electron chi connectivity index (χ0n) is 7.59. The van der Waals surface area contributed by atoms with Gasteiger partial charge in [-0.3, -0.25) is 4.79 Å². The Morgan fingerprint density at radius 2 is 1.82 bits per heavy atom. The summed E-state index contributed by atoms with van der Waals surface area (Å²) in [5.41, 5.74) is 1.10. The van der Waals surface area contributed by atoms with Gasteiger partial charge in [-0.1, -0.05) is 17.7 Å². The molecule has 2 heteroatoms. The van der Waals surface area contributed by atoms with Gasteiger partial charge in [0, 0.05) is 20.2 Å². The Morgan fingerprint density at radius 1 is 1.27 bits per heavy atom. The van der Waals surface area contributed by atoms with Gasteiger partial charge in [0.1, 0.15) is 0 Å². The van der Waals surface area contributed by atoms with Crippen LogP contribution in [0.5, 0.6) is 0 Å². The SMILES string of the molecule is C/C=C(C)\C=C\C(=O)N(C)C. The highest BCUT2D eigenvalue weighted by Gasteiger charge is 1.95. The second kappa shape index (κ2) is 4.72. The monoisotopic (exact) mass is 153 g/mol. The third-order valence-corrected chi connectivity index (χ3v) is 1.38. The fourth-order valence-electron chi connectivity index (χ4n) is 0.448. The Labute approximate surface area is 68.2 Å². The number of nitrogens with zero attached hydrogens (tertiary/aromatic N) is 1. The van der Waals surface area contributed by atoms with E-state index in [0.717, 1.165) is 5.57 Å². The van der Waals surface area contributed by atoms with Crippen molar-refractivity contribution >= 4 is 5.91 Å². The number of carbonyl (C=O) groups excluding carboxylic acids is 1. The van der Waals surface area contributed by atoms with Gasteiger partial charge in [0.25, 0.3) is 0 Å². The number of allylic oxidation sites excluding steroid dienone is 3. The van der Waals surface area contributed by atoms with Crippen molar-refractivity contribution in [3.05, 3.63) is 23.8 Å². The maximum Gasteiger partial charge on any atom is 0.246 e. The number of amides is 1. The maximum absolute atomic E-state index is 11.0. The standard InChI is InChI=1S/C9H15NO/c1-5-8(2)6-7-9(11)10(3)4/h5-7H,1-4H3/b7-6+,8-5-. The minimum absolute atomic E-state index is 0.0196. The topological polar surface area (TPSA) is 20.3 Å². The summed E-state index contributed by atoms with van der Waals surface area (Å²) in [4.78, 5) is 12.5. The van der Waals surface area contributed by atoms with E-state index in [1.165, 1.54) is 0 Å². The number of hydrogen-bond donors (Lipinski definition) is 0. The lowest BCUT2D eigenvalue weighted by molar-refractivity contribution is -0.123. The molecule has 0 saturated heterocycles. The van der Waals surface area contributed by atoms with Crippen LogP contribution in [0.2, 0.25) is 0 Å². The Kier molecular flexibility index (Phi) is 4.27. The number of rotatable bonds is 2. The lowest BCUT2D eigenvalue weighted by atomic mass is 10.2. The van der Waals surface area contributed by atoms with Crippen LogP contribution < -0.4 is 0 Å². The van der Waals surface area contributed by atoms with E-state index >= 15 is 0 Å². The molecular weight excluding hydrogens is 138 g/mol. The summed E-state index contributed by atoms with van der Waals surface area (Å²) in [7, 11) is 3.47. The minimum Gasteiger partial charge on any atom is -0.345 e. The molecule has 0 aromatic heterocycles. The Hall–Kier alpha value is -1.05. The number of carbonyl (C=O) groups is 1. The van der Waals surface area contributed by atoms with Crippen LogP contribution in [0.15, 0.2) is 23.8 Å². The van der Waals surface area contributed by atoms with Crippen molar-refractivity contribution in [2.75, 3.05) is 14.1 Å². The van der Waals surface area contributed by atoms with E-state index in [-0.39, 0.29) is 5.91 Å². The molecule has 2 nitrogen and oxygen atoms in total. The smallest absolute Gasteiger partial charge is 0.246 e. The van der Waals surface area contributed by atoms with E-state index in [1.807, 2.05) is 26.0 Å². The van der Waals surface area contributed by atoms with E-state index in [2.05, 4.69) is 0 Å². The molecule has 11 heavy (non-hydrogen) atoms. The lowest BCUT2D eigenvalue weighted by Gasteiger charge is -2.04. The summed E-state index contributed by atoms with van der Waals surface area (Å²) in [5, 5.41) is 0. The molecule has 0 aromatic rings. The highest BCUT2D eigenvalue weighted by atomic mass is 16.2. The highest BCUT2D eigenvalue weighted by Crippen LogP contribution is 1.94. The van der Waals surface area contributed by atoms with Crippen LogP contribution in [0.4, 0.5) is 0 Å². The third kappa shape index (κ3) is 4.37. The van der Waals surface area contributed by atoms with Crippen molar-refractivity contribution in [1.29, 1.82) is 0 Å². The molecule has 0 bridgehead atoms. The molecule has 0 aliphatic rings. The van der Waals surface area contributed by atoms with Gasteiger partial charge in [-0.15, -0.1) is 0 Å². The molecule has 62 valence electrons. The Bertz CT molecular complexity index is 190. The first-order valence-corrected chi connectivity index (χ1v) is 3.60. The molecule has 0 spiro atoms. The van der Waals surface area contributed by atoms with E-state index in [0.29, 0.717) is 0 Å². The largest absolute Gasteiger partial charge is 0.345 e. The summed E-state index contributed by atoms with van der Waals surface area (Å²) in [6, 6.07) is 0. The van der Waals surface area contributed by atoms with Crippen molar-refractivity contribution in [3.63, 3.8) is 0 Å². The van der Waals surface area contributed by atoms with Gasteiger partial charge in [0.05, 0.1) is 0 Å². The Morgan fingerprint density at radius 3 is 2.18 bits per heavy atom.